The SMILES string of the molecule is Nc1csc(NN=Cc2ccc(-c3cc(Cl)cc(Cl)c3)cc2O)n1. The van der Waals surface area contributed by atoms with Gasteiger partial charge in [-0.25, -0.2) is 4.98 Å². The van der Waals surface area contributed by atoms with Gasteiger partial charge in [-0.1, -0.05) is 29.3 Å². The van der Waals surface area contributed by atoms with Crippen LogP contribution in [-0.2, 0) is 0 Å². The minimum Gasteiger partial charge on any atom is -0.507 e. The van der Waals surface area contributed by atoms with Crippen molar-refractivity contribution in [3.05, 3.63) is 57.4 Å². The van der Waals surface area contributed by atoms with Gasteiger partial charge in [0.05, 0.1) is 6.21 Å². The Labute approximate surface area is 152 Å². The van der Waals surface area contributed by atoms with Gasteiger partial charge in [-0.3, -0.25) is 5.43 Å². The van der Waals surface area contributed by atoms with E-state index in [9.17, 15) is 5.11 Å². The Morgan fingerprint density at radius 1 is 1.12 bits per heavy atom. The van der Waals surface area contributed by atoms with Crippen LogP contribution >= 0.6 is 34.5 Å². The van der Waals surface area contributed by atoms with Crippen molar-refractivity contribution in [1.82, 2.24) is 4.98 Å². The molecule has 1 aromatic heterocycles. The van der Waals surface area contributed by atoms with E-state index >= 15 is 0 Å². The summed E-state index contributed by atoms with van der Waals surface area (Å²) in [4.78, 5) is 4.02. The summed E-state index contributed by atoms with van der Waals surface area (Å²) in [5.41, 5.74) is 10.5. The van der Waals surface area contributed by atoms with E-state index in [1.807, 2.05) is 6.07 Å². The summed E-state index contributed by atoms with van der Waals surface area (Å²) in [5.74, 6) is 0.526. The molecule has 0 fully saturated rings. The van der Waals surface area contributed by atoms with Crippen molar-refractivity contribution in [3.63, 3.8) is 0 Å². The fourth-order valence-corrected chi connectivity index (χ4v) is 3.12. The Kier molecular flexibility index (Phi) is 4.89. The number of hydrogen-bond acceptors (Lipinski definition) is 6. The van der Waals surface area contributed by atoms with E-state index in [0.29, 0.717) is 26.6 Å². The molecule has 0 saturated heterocycles. The third-order valence-electron chi connectivity index (χ3n) is 3.11. The number of aromatic nitrogens is 1. The number of halogens is 2. The summed E-state index contributed by atoms with van der Waals surface area (Å²) in [5, 5.41) is 17.6. The van der Waals surface area contributed by atoms with Crippen LogP contribution in [0.3, 0.4) is 0 Å². The fraction of sp³-hybridized carbons (Fsp3) is 0. The Balaban J connectivity index is 1.79. The Morgan fingerprint density at radius 2 is 1.88 bits per heavy atom. The van der Waals surface area contributed by atoms with Crippen molar-refractivity contribution in [2.24, 2.45) is 5.10 Å². The van der Waals surface area contributed by atoms with Crippen LogP contribution < -0.4 is 11.2 Å². The van der Waals surface area contributed by atoms with E-state index in [-0.39, 0.29) is 5.75 Å². The monoisotopic (exact) mass is 378 g/mol. The number of anilines is 2. The van der Waals surface area contributed by atoms with Crippen LogP contribution in [-0.4, -0.2) is 16.3 Å². The van der Waals surface area contributed by atoms with Crippen LogP contribution in [0.25, 0.3) is 11.1 Å². The molecule has 1 heterocycles. The Morgan fingerprint density at radius 3 is 2.50 bits per heavy atom. The lowest BCUT2D eigenvalue weighted by molar-refractivity contribution is 0.474. The van der Waals surface area contributed by atoms with E-state index in [1.54, 1.807) is 35.7 Å². The number of phenolic OH excluding ortho intramolecular Hbond substituents is 1. The second-order valence-corrected chi connectivity index (χ2v) is 6.61. The molecule has 24 heavy (non-hydrogen) atoms. The average Bonchev–Trinajstić information content (AvgIpc) is 2.93. The van der Waals surface area contributed by atoms with Gasteiger partial charge in [0.15, 0.2) is 0 Å². The highest BCUT2D eigenvalue weighted by molar-refractivity contribution is 7.14. The number of thiazole rings is 1. The molecule has 8 heteroatoms. The molecule has 3 aromatic rings. The molecule has 0 unspecified atom stereocenters. The normalized spacial score (nSPS) is 11.1. The highest BCUT2D eigenvalue weighted by Gasteiger charge is 2.05. The maximum absolute atomic E-state index is 10.2. The van der Waals surface area contributed by atoms with Gasteiger partial charge in [-0.05, 0) is 41.5 Å². The van der Waals surface area contributed by atoms with E-state index in [1.165, 1.54) is 17.6 Å². The first-order chi connectivity index (χ1) is 11.5. The largest absolute Gasteiger partial charge is 0.507 e. The topological polar surface area (TPSA) is 83.5 Å². The maximum atomic E-state index is 10.2. The molecule has 0 aliphatic carbocycles. The Hall–Kier alpha value is -2.28. The van der Waals surface area contributed by atoms with Crippen LogP contribution in [0, 0.1) is 0 Å². The zero-order valence-electron chi connectivity index (χ0n) is 12.2. The predicted octanol–water partition coefficient (Wildman–Crippen LogP) is 4.85. The van der Waals surface area contributed by atoms with E-state index < -0.39 is 0 Å². The molecular formula is C16H12Cl2N4OS. The molecule has 0 spiro atoms. The van der Waals surface area contributed by atoms with Crippen molar-refractivity contribution < 1.29 is 5.11 Å². The number of benzene rings is 2. The maximum Gasteiger partial charge on any atom is 0.205 e. The predicted molar refractivity (Wildman–Crippen MR) is 101 cm³/mol. The van der Waals surface area contributed by atoms with Gasteiger partial charge in [-0.2, -0.15) is 5.10 Å². The zero-order valence-corrected chi connectivity index (χ0v) is 14.5. The smallest absolute Gasteiger partial charge is 0.205 e. The minimum absolute atomic E-state index is 0.0906. The van der Waals surface area contributed by atoms with Crippen LogP contribution in [0.4, 0.5) is 10.9 Å². The van der Waals surface area contributed by atoms with Gasteiger partial charge in [0.25, 0.3) is 0 Å². The van der Waals surface area contributed by atoms with Crippen molar-refractivity contribution in [1.29, 1.82) is 0 Å². The summed E-state index contributed by atoms with van der Waals surface area (Å²) in [6, 6.07) is 10.5. The second-order valence-electron chi connectivity index (χ2n) is 4.88. The van der Waals surface area contributed by atoms with Gasteiger partial charge >= 0.3 is 0 Å². The molecule has 2 aromatic carbocycles. The van der Waals surface area contributed by atoms with Crippen molar-refractivity contribution in [2.45, 2.75) is 0 Å². The summed E-state index contributed by atoms with van der Waals surface area (Å²) in [6.45, 7) is 0. The standard InChI is InChI=1S/C16H12Cl2N4OS/c17-12-3-11(4-13(18)6-12)9-1-2-10(14(23)5-9)7-20-22-16-21-15(19)8-24-16/h1-8,23H,19H2,(H,21,22). The number of rotatable bonds is 4. The summed E-state index contributed by atoms with van der Waals surface area (Å²) < 4.78 is 0. The molecule has 0 aliphatic rings. The van der Waals surface area contributed by atoms with Gasteiger partial charge in [-0.15, -0.1) is 11.3 Å². The van der Waals surface area contributed by atoms with Crippen molar-refractivity contribution in [2.75, 3.05) is 11.2 Å². The quantitative estimate of drug-likeness (QED) is 0.447. The van der Waals surface area contributed by atoms with E-state index in [2.05, 4.69) is 15.5 Å². The lowest BCUT2D eigenvalue weighted by Crippen LogP contribution is -1.92. The number of nitrogens with one attached hydrogen (secondary N) is 1. The number of phenols is 1. The molecule has 122 valence electrons. The molecule has 0 aliphatic heterocycles. The number of nitrogens with two attached hydrogens (primary N) is 1. The lowest BCUT2D eigenvalue weighted by atomic mass is 10.0. The van der Waals surface area contributed by atoms with Crippen LogP contribution in [0.15, 0.2) is 46.9 Å². The number of hydrazone groups is 1. The van der Waals surface area contributed by atoms with Crippen LogP contribution in [0.2, 0.25) is 10.0 Å². The molecule has 4 N–H and O–H groups in total. The molecule has 5 nitrogen and oxygen atoms in total. The first kappa shape index (κ1) is 16.6. The van der Waals surface area contributed by atoms with Crippen molar-refractivity contribution in [3.8, 4) is 16.9 Å². The van der Waals surface area contributed by atoms with Gasteiger partial charge in [0.1, 0.15) is 11.6 Å². The Bertz CT molecular complexity index is 891. The minimum atomic E-state index is 0.0906. The zero-order chi connectivity index (χ0) is 17.1. The number of aromatic hydroxyl groups is 1. The number of nitrogens with zero attached hydrogens (tertiary/aromatic N) is 2. The molecule has 0 bridgehead atoms. The van der Waals surface area contributed by atoms with Crippen molar-refractivity contribution >= 4 is 51.7 Å². The highest BCUT2D eigenvalue weighted by atomic mass is 35.5. The molecule has 0 amide bonds. The summed E-state index contributed by atoms with van der Waals surface area (Å²) >= 11 is 13.4. The van der Waals surface area contributed by atoms with Gasteiger partial charge in [0, 0.05) is 21.0 Å². The average molecular weight is 379 g/mol. The third-order valence-corrected chi connectivity index (χ3v) is 4.31. The van der Waals surface area contributed by atoms with Gasteiger partial charge < -0.3 is 10.8 Å². The first-order valence-electron chi connectivity index (χ1n) is 6.81. The number of nitrogen functional groups attached to an aromatic ring is 1. The first-order valence-corrected chi connectivity index (χ1v) is 8.44. The summed E-state index contributed by atoms with van der Waals surface area (Å²) in [7, 11) is 0. The lowest BCUT2D eigenvalue weighted by Gasteiger charge is -2.06. The highest BCUT2D eigenvalue weighted by Crippen LogP contribution is 2.30. The van der Waals surface area contributed by atoms with E-state index in [4.69, 9.17) is 28.9 Å². The molecule has 0 radical (unpaired) electrons. The molecule has 0 atom stereocenters. The third kappa shape index (κ3) is 3.97. The second kappa shape index (κ2) is 7.09. The fourth-order valence-electron chi connectivity index (χ4n) is 2.05. The van der Waals surface area contributed by atoms with Crippen LogP contribution in [0.1, 0.15) is 5.56 Å². The molecular weight excluding hydrogens is 367 g/mol. The summed E-state index contributed by atoms with van der Waals surface area (Å²) in [6.07, 6.45) is 1.50. The number of hydrogen-bond donors (Lipinski definition) is 3. The molecule has 3 rings (SSSR count). The van der Waals surface area contributed by atoms with Gasteiger partial charge in [0.2, 0.25) is 5.13 Å². The van der Waals surface area contributed by atoms with E-state index in [0.717, 1.165) is 11.1 Å². The molecule has 0 saturated carbocycles. The van der Waals surface area contributed by atoms with Crippen LogP contribution in [0.5, 0.6) is 5.75 Å².